The first-order chi connectivity index (χ1) is 9.45. The minimum absolute atomic E-state index is 0.140. The molecule has 4 nitrogen and oxygen atoms in total. The number of hydrogen-bond donors (Lipinski definition) is 0. The molecule has 1 rings (SSSR count). The van der Waals surface area contributed by atoms with E-state index in [2.05, 4.69) is 0 Å². The smallest absolute Gasteiger partial charge is 0.213 e. The summed E-state index contributed by atoms with van der Waals surface area (Å²) in [6.07, 6.45) is 1.31. The highest BCUT2D eigenvalue weighted by Gasteiger charge is 2.16. The Morgan fingerprint density at radius 3 is 2.70 bits per heavy atom. The Labute approximate surface area is 126 Å². The standard InChI is InChI=1S/C14H22ClNO3S/c1-13-6-5-7-14(12-13)19-10-9-16(2)20(17,18)11-4-3-8-15/h5-7,12H,3-4,8-11H2,1-2H3. The number of alkyl halides is 1. The monoisotopic (exact) mass is 319 g/mol. The fourth-order valence-electron chi connectivity index (χ4n) is 1.67. The van der Waals surface area contributed by atoms with Crippen LogP contribution < -0.4 is 4.74 Å². The average molecular weight is 320 g/mol. The van der Waals surface area contributed by atoms with Gasteiger partial charge in [0.2, 0.25) is 10.0 Å². The third-order valence-corrected chi connectivity index (χ3v) is 5.13. The molecule has 1 aromatic rings. The maximum Gasteiger partial charge on any atom is 0.213 e. The van der Waals surface area contributed by atoms with Gasteiger partial charge in [0, 0.05) is 19.5 Å². The van der Waals surface area contributed by atoms with E-state index in [1.807, 2.05) is 31.2 Å². The van der Waals surface area contributed by atoms with Gasteiger partial charge in [-0.25, -0.2) is 12.7 Å². The lowest BCUT2D eigenvalue weighted by Crippen LogP contribution is -2.32. The van der Waals surface area contributed by atoms with Gasteiger partial charge in [-0.2, -0.15) is 0 Å². The Bertz CT molecular complexity index is 505. The highest BCUT2D eigenvalue weighted by atomic mass is 35.5. The molecule has 0 amide bonds. The molecule has 1 aromatic carbocycles. The Kier molecular flexibility index (Phi) is 7.34. The summed E-state index contributed by atoms with van der Waals surface area (Å²) in [4.78, 5) is 0. The maximum absolute atomic E-state index is 11.9. The van der Waals surface area contributed by atoms with Crippen molar-refractivity contribution in [1.82, 2.24) is 4.31 Å². The van der Waals surface area contributed by atoms with Crippen LogP contribution in [0.25, 0.3) is 0 Å². The average Bonchev–Trinajstić information content (AvgIpc) is 2.39. The third-order valence-electron chi connectivity index (χ3n) is 2.93. The van der Waals surface area contributed by atoms with Gasteiger partial charge in [0.25, 0.3) is 0 Å². The van der Waals surface area contributed by atoms with Crippen LogP contribution in [0.5, 0.6) is 5.75 Å². The SMILES string of the molecule is Cc1cccc(OCCN(C)S(=O)(=O)CCCCCl)c1. The Balaban J connectivity index is 2.37. The molecule has 0 saturated heterocycles. The highest BCUT2D eigenvalue weighted by molar-refractivity contribution is 7.89. The summed E-state index contributed by atoms with van der Waals surface area (Å²) in [5, 5.41) is 0. The van der Waals surface area contributed by atoms with E-state index >= 15 is 0 Å². The van der Waals surface area contributed by atoms with Crippen molar-refractivity contribution in [3.05, 3.63) is 29.8 Å². The molecule has 0 bridgehead atoms. The molecule has 0 aromatic heterocycles. The molecular formula is C14H22ClNO3S. The third kappa shape index (κ3) is 6.11. The molecule has 0 aliphatic rings. The number of aryl methyl sites for hydroxylation is 1. The number of benzene rings is 1. The van der Waals surface area contributed by atoms with Crippen LogP contribution in [0.3, 0.4) is 0 Å². The summed E-state index contributed by atoms with van der Waals surface area (Å²) in [7, 11) is -1.62. The zero-order valence-electron chi connectivity index (χ0n) is 12.0. The first-order valence-electron chi connectivity index (χ1n) is 6.65. The second kappa shape index (κ2) is 8.49. The highest BCUT2D eigenvalue weighted by Crippen LogP contribution is 2.12. The van der Waals surface area contributed by atoms with Gasteiger partial charge in [0.1, 0.15) is 12.4 Å². The predicted octanol–water partition coefficient (Wildman–Crippen LogP) is 2.65. The molecule has 0 N–H and O–H groups in total. The summed E-state index contributed by atoms with van der Waals surface area (Å²) in [6, 6.07) is 7.69. The van der Waals surface area contributed by atoms with Crippen LogP contribution in [-0.4, -0.2) is 44.6 Å². The maximum atomic E-state index is 11.9. The van der Waals surface area contributed by atoms with Gasteiger partial charge in [-0.3, -0.25) is 0 Å². The Morgan fingerprint density at radius 2 is 2.05 bits per heavy atom. The first kappa shape index (κ1) is 17.3. The number of halogens is 1. The molecule has 0 saturated carbocycles. The topological polar surface area (TPSA) is 46.6 Å². The van der Waals surface area contributed by atoms with Crippen LogP contribution in [0, 0.1) is 6.92 Å². The molecule has 0 aliphatic carbocycles. The van der Waals surface area contributed by atoms with Crippen LogP contribution in [0.4, 0.5) is 0 Å². The number of hydrogen-bond acceptors (Lipinski definition) is 3. The van der Waals surface area contributed by atoms with Gasteiger partial charge in [-0.1, -0.05) is 12.1 Å². The van der Waals surface area contributed by atoms with E-state index < -0.39 is 10.0 Å². The lowest BCUT2D eigenvalue weighted by Gasteiger charge is -2.17. The van der Waals surface area contributed by atoms with E-state index in [1.165, 1.54) is 4.31 Å². The fourth-order valence-corrected chi connectivity index (χ4v) is 3.09. The lowest BCUT2D eigenvalue weighted by molar-refractivity contribution is 0.286. The van der Waals surface area contributed by atoms with Crippen molar-refractivity contribution in [3.8, 4) is 5.75 Å². The van der Waals surface area contributed by atoms with Crippen LogP contribution in [0.15, 0.2) is 24.3 Å². The summed E-state index contributed by atoms with van der Waals surface area (Å²) in [5.41, 5.74) is 1.12. The summed E-state index contributed by atoms with van der Waals surface area (Å²) >= 11 is 5.55. The summed E-state index contributed by atoms with van der Waals surface area (Å²) in [6.45, 7) is 2.67. The Morgan fingerprint density at radius 1 is 1.30 bits per heavy atom. The van der Waals surface area contributed by atoms with E-state index in [4.69, 9.17) is 16.3 Å². The van der Waals surface area contributed by atoms with Gasteiger partial charge >= 0.3 is 0 Å². The van der Waals surface area contributed by atoms with Crippen LogP contribution in [0.2, 0.25) is 0 Å². The van der Waals surface area contributed by atoms with Crippen molar-refractivity contribution in [2.75, 3.05) is 31.8 Å². The van der Waals surface area contributed by atoms with Gasteiger partial charge in [-0.15, -0.1) is 11.6 Å². The molecule has 0 atom stereocenters. The molecule has 0 radical (unpaired) electrons. The van der Waals surface area contributed by atoms with E-state index in [9.17, 15) is 8.42 Å². The summed E-state index contributed by atoms with van der Waals surface area (Å²) in [5.74, 6) is 1.40. The van der Waals surface area contributed by atoms with Crippen molar-refractivity contribution >= 4 is 21.6 Å². The number of nitrogens with zero attached hydrogens (tertiary/aromatic N) is 1. The molecule has 0 spiro atoms. The van der Waals surface area contributed by atoms with Gasteiger partial charge in [0.05, 0.1) is 5.75 Å². The van der Waals surface area contributed by atoms with Crippen molar-refractivity contribution in [2.24, 2.45) is 0 Å². The second-order valence-corrected chi connectivity index (χ2v) is 7.27. The summed E-state index contributed by atoms with van der Waals surface area (Å²) < 4.78 is 30.8. The zero-order chi connectivity index (χ0) is 15.0. The molecule has 114 valence electrons. The van der Waals surface area contributed by atoms with E-state index in [1.54, 1.807) is 7.05 Å². The molecule has 0 fully saturated rings. The van der Waals surface area contributed by atoms with Crippen LogP contribution >= 0.6 is 11.6 Å². The van der Waals surface area contributed by atoms with Gasteiger partial charge in [0.15, 0.2) is 0 Å². The van der Waals surface area contributed by atoms with Gasteiger partial charge < -0.3 is 4.74 Å². The largest absolute Gasteiger partial charge is 0.492 e. The van der Waals surface area contributed by atoms with Crippen molar-refractivity contribution in [3.63, 3.8) is 0 Å². The molecule has 0 aliphatic heterocycles. The number of ether oxygens (including phenoxy) is 1. The number of sulfonamides is 1. The number of likely N-dealkylation sites (N-methyl/N-ethyl adjacent to an activating group) is 1. The minimum atomic E-state index is -3.20. The first-order valence-corrected chi connectivity index (χ1v) is 8.79. The minimum Gasteiger partial charge on any atom is -0.492 e. The predicted molar refractivity (Wildman–Crippen MR) is 83.0 cm³/mol. The molecular weight excluding hydrogens is 298 g/mol. The quantitative estimate of drug-likeness (QED) is 0.519. The second-order valence-electron chi connectivity index (χ2n) is 4.70. The number of rotatable bonds is 9. The van der Waals surface area contributed by atoms with Gasteiger partial charge in [-0.05, 0) is 37.5 Å². The van der Waals surface area contributed by atoms with Crippen molar-refractivity contribution < 1.29 is 13.2 Å². The lowest BCUT2D eigenvalue weighted by atomic mass is 10.2. The normalized spacial score (nSPS) is 11.8. The van der Waals surface area contributed by atoms with Crippen molar-refractivity contribution in [2.45, 2.75) is 19.8 Å². The van der Waals surface area contributed by atoms with E-state index in [0.717, 1.165) is 11.3 Å². The van der Waals surface area contributed by atoms with E-state index in [-0.39, 0.29) is 5.75 Å². The molecule has 0 unspecified atom stereocenters. The van der Waals surface area contributed by atoms with Crippen LogP contribution in [0.1, 0.15) is 18.4 Å². The molecule has 0 heterocycles. The molecule has 6 heteroatoms. The molecule has 20 heavy (non-hydrogen) atoms. The van der Waals surface area contributed by atoms with Crippen LogP contribution in [-0.2, 0) is 10.0 Å². The fraction of sp³-hybridized carbons (Fsp3) is 0.571. The zero-order valence-corrected chi connectivity index (χ0v) is 13.6. The Hall–Kier alpha value is -0.780. The van der Waals surface area contributed by atoms with Crippen molar-refractivity contribution in [1.29, 1.82) is 0 Å². The van der Waals surface area contributed by atoms with E-state index in [0.29, 0.717) is 31.9 Å². The number of unbranched alkanes of at least 4 members (excludes halogenated alkanes) is 1.